The smallest absolute Gasteiger partial charge is 0.335 e. The Morgan fingerprint density at radius 1 is 1.15 bits per heavy atom. The van der Waals surface area contributed by atoms with Gasteiger partial charge in [-0.25, -0.2) is 4.79 Å². The van der Waals surface area contributed by atoms with Crippen molar-refractivity contribution < 1.29 is 23.6 Å². The van der Waals surface area contributed by atoms with Gasteiger partial charge in [0, 0.05) is 41.5 Å². The average Bonchev–Trinajstić information content (AvgIpc) is 2.65. The maximum absolute atomic E-state index is 12.2. The van der Waals surface area contributed by atoms with E-state index in [4.69, 9.17) is 4.74 Å². The summed E-state index contributed by atoms with van der Waals surface area (Å²) in [6.07, 6.45) is 0.517. The number of carboxylic acid groups (broad SMARTS) is 1. The molecule has 2 N–H and O–H groups in total. The summed E-state index contributed by atoms with van der Waals surface area (Å²) in [5.41, 5.74) is 2.35. The first-order chi connectivity index (χ1) is 13.0. The minimum absolute atomic E-state index is 0.175. The number of aryl methyl sites for hydroxylation is 1. The highest BCUT2D eigenvalue weighted by Crippen LogP contribution is 2.15. The van der Waals surface area contributed by atoms with Gasteiger partial charge in [-0.1, -0.05) is 30.3 Å². The molecule has 1 amide bonds. The third-order valence-corrected chi connectivity index (χ3v) is 5.20. The van der Waals surface area contributed by atoms with Gasteiger partial charge in [-0.2, -0.15) is 0 Å². The Hall–Kier alpha value is -2.51. The molecule has 2 rings (SSSR count). The number of rotatable bonds is 10. The minimum atomic E-state index is -1.02. The maximum atomic E-state index is 12.2. The van der Waals surface area contributed by atoms with Crippen LogP contribution in [0.3, 0.4) is 0 Å². The van der Waals surface area contributed by atoms with Crippen LogP contribution in [0.2, 0.25) is 0 Å². The molecule has 0 spiro atoms. The molecule has 1 unspecified atom stereocenters. The van der Waals surface area contributed by atoms with Gasteiger partial charge in [0.05, 0.1) is 12.2 Å². The molecule has 0 aliphatic rings. The number of amides is 1. The molecule has 0 fully saturated rings. The molecule has 0 radical (unpaired) electrons. The first-order valence-corrected chi connectivity index (χ1v) is 10.0. The van der Waals surface area contributed by atoms with Crippen LogP contribution >= 0.6 is 0 Å². The van der Waals surface area contributed by atoms with E-state index in [1.807, 2.05) is 6.07 Å². The lowest BCUT2D eigenvalue weighted by atomic mass is 10.0. The van der Waals surface area contributed by atoms with Crippen molar-refractivity contribution in [2.75, 3.05) is 24.8 Å². The van der Waals surface area contributed by atoms with Crippen LogP contribution in [0.15, 0.2) is 48.5 Å². The van der Waals surface area contributed by atoms with Crippen molar-refractivity contribution in [3.05, 3.63) is 65.2 Å². The van der Waals surface area contributed by atoms with Gasteiger partial charge in [-0.05, 0) is 35.7 Å². The number of carbonyl (C=O) groups is 2. The van der Waals surface area contributed by atoms with E-state index in [0.717, 1.165) is 5.56 Å². The Bertz CT molecular complexity index is 822. The number of hydrogen-bond acceptors (Lipinski definition) is 4. The molecule has 0 aromatic heterocycles. The minimum Gasteiger partial charge on any atom is -0.478 e. The SMILES string of the molecule is COCCS(=O)Cc1cccc(NC(=O)CCc2ccccc2C(=O)O)c1. The maximum Gasteiger partial charge on any atom is 0.335 e. The van der Waals surface area contributed by atoms with Gasteiger partial charge < -0.3 is 15.2 Å². The zero-order valence-electron chi connectivity index (χ0n) is 15.1. The Labute approximate surface area is 161 Å². The molecular formula is C20H23NO5S. The molecule has 0 aliphatic heterocycles. The van der Waals surface area contributed by atoms with E-state index in [9.17, 15) is 18.9 Å². The van der Waals surface area contributed by atoms with Crippen molar-refractivity contribution in [2.45, 2.75) is 18.6 Å². The molecule has 0 aliphatic carbocycles. The number of aromatic carboxylic acids is 1. The van der Waals surface area contributed by atoms with E-state index in [1.54, 1.807) is 43.5 Å². The molecule has 0 saturated heterocycles. The van der Waals surface area contributed by atoms with Crippen LogP contribution in [0, 0.1) is 0 Å². The highest BCUT2D eigenvalue weighted by molar-refractivity contribution is 7.84. The fourth-order valence-electron chi connectivity index (χ4n) is 2.59. The molecule has 0 bridgehead atoms. The molecule has 1 atom stereocenters. The Balaban J connectivity index is 1.92. The second-order valence-corrected chi connectivity index (χ2v) is 7.57. The average molecular weight is 389 g/mol. The first kappa shape index (κ1) is 20.8. The van der Waals surface area contributed by atoms with Gasteiger partial charge in [0.15, 0.2) is 0 Å². The van der Waals surface area contributed by atoms with Crippen LogP contribution in [0.5, 0.6) is 0 Å². The fraction of sp³-hybridized carbons (Fsp3) is 0.300. The monoisotopic (exact) mass is 389 g/mol. The van der Waals surface area contributed by atoms with Gasteiger partial charge in [0.2, 0.25) is 5.91 Å². The molecule has 2 aromatic carbocycles. The van der Waals surface area contributed by atoms with Crippen LogP contribution in [-0.4, -0.2) is 40.7 Å². The highest BCUT2D eigenvalue weighted by atomic mass is 32.2. The normalized spacial score (nSPS) is 11.7. The quantitative estimate of drug-likeness (QED) is 0.652. The van der Waals surface area contributed by atoms with Crippen molar-refractivity contribution >= 4 is 28.4 Å². The van der Waals surface area contributed by atoms with Gasteiger partial charge in [0.1, 0.15) is 0 Å². The van der Waals surface area contributed by atoms with E-state index in [1.165, 1.54) is 6.07 Å². The van der Waals surface area contributed by atoms with Crippen LogP contribution in [0.4, 0.5) is 5.69 Å². The lowest BCUT2D eigenvalue weighted by Crippen LogP contribution is -2.14. The van der Waals surface area contributed by atoms with Crippen molar-refractivity contribution in [1.82, 2.24) is 0 Å². The number of carboxylic acids is 1. The lowest BCUT2D eigenvalue weighted by Gasteiger charge is -2.09. The number of ether oxygens (including phenoxy) is 1. The van der Waals surface area contributed by atoms with Crippen LogP contribution < -0.4 is 5.32 Å². The number of nitrogens with one attached hydrogen (secondary N) is 1. The molecule has 27 heavy (non-hydrogen) atoms. The summed E-state index contributed by atoms with van der Waals surface area (Å²) in [5, 5.41) is 12.0. The Kier molecular flexibility index (Phi) is 8.16. The molecule has 0 heterocycles. The number of anilines is 1. The van der Waals surface area contributed by atoms with E-state index < -0.39 is 16.8 Å². The van der Waals surface area contributed by atoms with Crippen LogP contribution in [0.25, 0.3) is 0 Å². The Morgan fingerprint density at radius 2 is 1.93 bits per heavy atom. The predicted octanol–water partition coefficient (Wildman–Crippen LogP) is 2.85. The van der Waals surface area contributed by atoms with Gasteiger partial charge >= 0.3 is 5.97 Å². The molecule has 2 aromatic rings. The van der Waals surface area contributed by atoms with E-state index in [0.29, 0.717) is 35.8 Å². The molecule has 7 heteroatoms. The summed E-state index contributed by atoms with van der Waals surface area (Å²) in [7, 11) is 0.551. The lowest BCUT2D eigenvalue weighted by molar-refractivity contribution is -0.116. The largest absolute Gasteiger partial charge is 0.478 e. The standard InChI is InChI=1S/C20H23NO5S/c1-26-11-12-27(25)14-15-5-4-7-17(13-15)21-19(22)10-9-16-6-2-3-8-18(16)20(23)24/h2-8,13H,9-12,14H2,1H3,(H,21,22)(H,23,24). The Morgan fingerprint density at radius 3 is 2.67 bits per heavy atom. The number of carbonyl (C=O) groups excluding carboxylic acids is 1. The van der Waals surface area contributed by atoms with E-state index >= 15 is 0 Å². The first-order valence-electron chi connectivity index (χ1n) is 8.53. The topological polar surface area (TPSA) is 92.7 Å². The molecule has 144 valence electrons. The van der Waals surface area contributed by atoms with Gasteiger partial charge in [-0.15, -0.1) is 0 Å². The molecule has 6 nitrogen and oxygen atoms in total. The van der Waals surface area contributed by atoms with Crippen molar-refractivity contribution in [3.63, 3.8) is 0 Å². The third-order valence-electron chi connectivity index (χ3n) is 3.92. The predicted molar refractivity (Wildman–Crippen MR) is 105 cm³/mol. The zero-order chi connectivity index (χ0) is 19.6. The van der Waals surface area contributed by atoms with Gasteiger partial charge in [-0.3, -0.25) is 9.00 Å². The fourth-order valence-corrected chi connectivity index (χ4v) is 3.64. The number of methoxy groups -OCH3 is 1. The van der Waals surface area contributed by atoms with E-state index in [2.05, 4.69) is 5.32 Å². The summed E-state index contributed by atoms with van der Waals surface area (Å²) in [4.78, 5) is 23.4. The van der Waals surface area contributed by atoms with Crippen LogP contribution in [-0.2, 0) is 32.5 Å². The van der Waals surface area contributed by atoms with Gasteiger partial charge in [0.25, 0.3) is 0 Å². The molecule has 0 saturated carbocycles. The van der Waals surface area contributed by atoms with E-state index in [-0.39, 0.29) is 17.9 Å². The second-order valence-electron chi connectivity index (χ2n) is 5.99. The summed E-state index contributed by atoms with van der Waals surface area (Å²) < 4.78 is 16.9. The molecular weight excluding hydrogens is 366 g/mol. The highest BCUT2D eigenvalue weighted by Gasteiger charge is 2.11. The second kappa shape index (κ2) is 10.6. The van der Waals surface area contributed by atoms with Crippen molar-refractivity contribution in [1.29, 1.82) is 0 Å². The number of hydrogen-bond donors (Lipinski definition) is 2. The van der Waals surface area contributed by atoms with Crippen molar-refractivity contribution in [3.8, 4) is 0 Å². The summed E-state index contributed by atoms with van der Waals surface area (Å²) >= 11 is 0. The third kappa shape index (κ3) is 6.96. The van der Waals surface area contributed by atoms with Crippen molar-refractivity contribution in [2.24, 2.45) is 0 Å². The summed E-state index contributed by atoms with van der Waals surface area (Å²) in [5.74, 6) is -0.331. The summed E-state index contributed by atoms with van der Waals surface area (Å²) in [6.45, 7) is 0.445. The van der Waals surface area contributed by atoms with Crippen LogP contribution in [0.1, 0.15) is 27.9 Å². The number of benzene rings is 2. The summed E-state index contributed by atoms with van der Waals surface area (Å²) in [6, 6.07) is 13.9. The zero-order valence-corrected chi connectivity index (χ0v) is 16.0.